The van der Waals surface area contributed by atoms with Crippen molar-refractivity contribution in [1.29, 1.82) is 0 Å². The van der Waals surface area contributed by atoms with Crippen molar-refractivity contribution in [3.8, 4) is 11.1 Å². The van der Waals surface area contributed by atoms with E-state index in [2.05, 4.69) is 5.32 Å². The number of alkyl halides is 3. The van der Waals surface area contributed by atoms with Gasteiger partial charge in [0.15, 0.2) is 0 Å². The van der Waals surface area contributed by atoms with Gasteiger partial charge in [0.2, 0.25) is 5.60 Å². The topological polar surface area (TPSA) is 49.3 Å². The Hall–Kier alpha value is -2.64. The van der Waals surface area contributed by atoms with E-state index in [0.29, 0.717) is 0 Å². The molecule has 7 heteroatoms. The third-order valence-corrected chi connectivity index (χ3v) is 4.91. The van der Waals surface area contributed by atoms with Crippen LogP contribution in [0.3, 0.4) is 0 Å². The van der Waals surface area contributed by atoms with Crippen LogP contribution in [0.15, 0.2) is 71.4 Å². The lowest BCUT2D eigenvalue weighted by molar-refractivity contribution is -0.263. The van der Waals surface area contributed by atoms with Crippen molar-refractivity contribution >= 4 is 17.2 Å². The first-order valence-electron chi connectivity index (χ1n) is 8.07. The number of rotatable bonds is 5. The largest absolute Gasteiger partial charge is 0.423 e. The third kappa shape index (κ3) is 4.04. The van der Waals surface area contributed by atoms with Gasteiger partial charge in [0.05, 0.1) is 6.54 Å². The number of hydrogen-bond acceptors (Lipinski definition) is 3. The average molecular weight is 391 g/mol. The molecule has 0 aliphatic carbocycles. The summed E-state index contributed by atoms with van der Waals surface area (Å²) >= 11 is 1.54. The summed E-state index contributed by atoms with van der Waals surface area (Å²) in [5.74, 6) is -0.689. The average Bonchev–Trinajstić information content (AvgIpc) is 3.20. The zero-order valence-electron chi connectivity index (χ0n) is 14.0. The highest BCUT2D eigenvalue weighted by Gasteiger charge is 2.55. The van der Waals surface area contributed by atoms with E-state index in [1.165, 1.54) is 36.4 Å². The van der Waals surface area contributed by atoms with Crippen molar-refractivity contribution in [2.24, 2.45) is 0 Å². The zero-order valence-corrected chi connectivity index (χ0v) is 14.8. The lowest BCUT2D eigenvalue weighted by Gasteiger charge is -2.31. The van der Waals surface area contributed by atoms with E-state index in [4.69, 9.17) is 0 Å². The molecule has 0 saturated carbocycles. The van der Waals surface area contributed by atoms with Gasteiger partial charge in [-0.15, -0.1) is 0 Å². The second-order valence-electron chi connectivity index (χ2n) is 6.00. The van der Waals surface area contributed by atoms with Crippen molar-refractivity contribution in [2.75, 3.05) is 6.54 Å². The SMILES string of the molecule is O=C(NC[C@](O)(c1ccccc1)C(F)(F)F)c1ccc(-c2ccsc2)cc1. The summed E-state index contributed by atoms with van der Waals surface area (Å²) in [5.41, 5.74) is -1.37. The summed E-state index contributed by atoms with van der Waals surface area (Å²) in [6, 6.07) is 15.2. The Bertz CT molecular complexity index is 893. The van der Waals surface area contributed by atoms with Crippen molar-refractivity contribution in [3.63, 3.8) is 0 Å². The Morgan fingerprint density at radius 3 is 2.19 bits per heavy atom. The summed E-state index contributed by atoms with van der Waals surface area (Å²) in [6.07, 6.45) is -4.94. The fraction of sp³-hybridized carbons (Fsp3) is 0.150. The summed E-state index contributed by atoms with van der Waals surface area (Å²) in [7, 11) is 0. The van der Waals surface area contributed by atoms with Gasteiger partial charge in [-0.05, 0) is 45.6 Å². The number of halogens is 3. The van der Waals surface area contributed by atoms with Gasteiger partial charge in [-0.25, -0.2) is 0 Å². The van der Waals surface area contributed by atoms with E-state index in [-0.39, 0.29) is 11.1 Å². The molecule has 1 amide bonds. The lowest BCUT2D eigenvalue weighted by atomic mass is 9.93. The number of amides is 1. The Labute approximate surface area is 158 Å². The highest BCUT2D eigenvalue weighted by atomic mass is 32.1. The van der Waals surface area contributed by atoms with E-state index in [1.807, 2.05) is 16.8 Å². The summed E-state index contributed by atoms with van der Waals surface area (Å²) in [5, 5.41) is 16.3. The fourth-order valence-corrected chi connectivity index (χ4v) is 3.30. The van der Waals surface area contributed by atoms with Crippen molar-refractivity contribution in [1.82, 2.24) is 5.32 Å². The number of aliphatic hydroxyl groups is 1. The van der Waals surface area contributed by atoms with Crippen molar-refractivity contribution in [2.45, 2.75) is 11.8 Å². The molecule has 0 saturated heterocycles. The summed E-state index contributed by atoms with van der Waals surface area (Å²) in [6.45, 7) is -0.981. The van der Waals surface area contributed by atoms with Gasteiger partial charge < -0.3 is 10.4 Å². The van der Waals surface area contributed by atoms with E-state index in [0.717, 1.165) is 11.1 Å². The minimum absolute atomic E-state index is 0.214. The predicted octanol–water partition coefficient (Wildman–Crippen LogP) is 4.60. The third-order valence-electron chi connectivity index (χ3n) is 4.23. The molecule has 3 nitrogen and oxygen atoms in total. The highest BCUT2D eigenvalue weighted by Crippen LogP contribution is 2.38. The number of hydrogen-bond donors (Lipinski definition) is 2. The maximum Gasteiger partial charge on any atom is 0.423 e. The van der Waals surface area contributed by atoms with Gasteiger partial charge in [-0.2, -0.15) is 24.5 Å². The Kier molecular flexibility index (Phi) is 5.34. The number of carbonyl (C=O) groups is 1. The molecule has 0 spiro atoms. The van der Waals surface area contributed by atoms with Gasteiger partial charge in [-0.1, -0.05) is 42.5 Å². The van der Waals surface area contributed by atoms with E-state index >= 15 is 0 Å². The number of nitrogens with one attached hydrogen (secondary N) is 1. The van der Waals surface area contributed by atoms with Crippen LogP contribution in [-0.4, -0.2) is 23.7 Å². The molecule has 0 aliphatic rings. The Morgan fingerprint density at radius 1 is 0.963 bits per heavy atom. The van der Waals surface area contributed by atoms with Crippen LogP contribution in [0.1, 0.15) is 15.9 Å². The molecule has 1 heterocycles. The summed E-state index contributed by atoms with van der Waals surface area (Å²) in [4.78, 5) is 12.3. The maximum atomic E-state index is 13.5. The van der Waals surface area contributed by atoms with Crippen LogP contribution < -0.4 is 5.32 Å². The van der Waals surface area contributed by atoms with Gasteiger partial charge in [-0.3, -0.25) is 4.79 Å². The molecule has 0 unspecified atom stereocenters. The standard InChI is InChI=1S/C20H16F3NO2S/c21-20(22,23)19(26,17-4-2-1-3-5-17)13-24-18(25)15-8-6-14(7-9-15)16-10-11-27-12-16/h1-12,26H,13H2,(H,24,25)/t19-/m0/s1. The van der Waals surface area contributed by atoms with E-state index in [9.17, 15) is 23.1 Å². The molecule has 0 fully saturated rings. The van der Waals surface area contributed by atoms with Gasteiger partial charge in [0.1, 0.15) is 0 Å². The highest BCUT2D eigenvalue weighted by molar-refractivity contribution is 7.08. The molecule has 1 atom stereocenters. The molecule has 27 heavy (non-hydrogen) atoms. The van der Waals surface area contributed by atoms with Crippen LogP contribution in [0.4, 0.5) is 13.2 Å². The minimum atomic E-state index is -4.94. The summed E-state index contributed by atoms with van der Waals surface area (Å²) < 4.78 is 40.4. The maximum absolute atomic E-state index is 13.5. The first-order chi connectivity index (χ1) is 12.8. The smallest absolute Gasteiger partial charge is 0.375 e. The van der Waals surface area contributed by atoms with Crippen LogP contribution in [0.2, 0.25) is 0 Å². The fourth-order valence-electron chi connectivity index (χ4n) is 2.63. The molecule has 3 aromatic rings. The van der Waals surface area contributed by atoms with Crippen LogP contribution in [-0.2, 0) is 5.60 Å². The lowest BCUT2D eigenvalue weighted by Crippen LogP contribution is -2.51. The minimum Gasteiger partial charge on any atom is -0.375 e. The molecule has 140 valence electrons. The monoisotopic (exact) mass is 391 g/mol. The van der Waals surface area contributed by atoms with E-state index in [1.54, 1.807) is 29.5 Å². The van der Waals surface area contributed by atoms with Crippen LogP contribution >= 0.6 is 11.3 Å². The second kappa shape index (κ2) is 7.54. The first kappa shape index (κ1) is 19.1. The molecule has 1 aromatic heterocycles. The predicted molar refractivity (Wildman–Crippen MR) is 98.5 cm³/mol. The molecule has 2 N–H and O–H groups in total. The molecule has 3 rings (SSSR count). The normalized spacial score (nSPS) is 13.8. The van der Waals surface area contributed by atoms with Crippen LogP contribution in [0.5, 0.6) is 0 Å². The van der Waals surface area contributed by atoms with E-state index < -0.39 is 24.2 Å². The van der Waals surface area contributed by atoms with Gasteiger partial charge in [0, 0.05) is 5.56 Å². The zero-order chi connectivity index (χ0) is 19.5. The van der Waals surface area contributed by atoms with Crippen molar-refractivity contribution in [3.05, 3.63) is 82.6 Å². The van der Waals surface area contributed by atoms with Crippen LogP contribution in [0, 0.1) is 0 Å². The molecule has 2 aromatic carbocycles. The second-order valence-corrected chi connectivity index (χ2v) is 6.78. The van der Waals surface area contributed by atoms with Crippen molar-refractivity contribution < 1.29 is 23.1 Å². The quantitative estimate of drug-likeness (QED) is 0.668. The molecular weight excluding hydrogens is 375 g/mol. The molecule has 0 bridgehead atoms. The number of carbonyl (C=O) groups excluding carboxylic acids is 1. The van der Waals surface area contributed by atoms with Crippen LogP contribution in [0.25, 0.3) is 11.1 Å². The van der Waals surface area contributed by atoms with Gasteiger partial charge >= 0.3 is 6.18 Å². The Balaban J connectivity index is 1.75. The molecule has 0 aliphatic heterocycles. The number of thiophene rings is 1. The Morgan fingerprint density at radius 2 is 1.63 bits per heavy atom. The molecule has 0 radical (unpaired) electrons. The number of benzene rings is 2. The van der Waals surface area contributed by atoms with Gasteiger partial charge in [0.25, 0.3) is 5.91 Å². The first-order valence-corrected chi connectivity index (χ1v) is 9.01. The molecular formula is C20H16F3NO2S.